The van der Waals surface area contributed by atoms with Crippen molar-refractivity contribution in [3.8, 4) is 16.9 Å². The van der Waals surface area contributed by atoms with Crippen LogP contribution in [-0.4, -0.2) is 16.0 Å². The van der Waals surface area contributed by atoms with Gasteiger partial charge in [-0.3, -0.25) is 9.78 Å². The van der Waals surface area contributed by atoms with E-state index in [0.717, 1.165) is 11.1 Å². The second-order valence-corrected chi connectivity index (χ2v) is 5.58. The van der Waals surface area contributed by atoms with Gasteiger partial charge in [-0.25, -0.2) is 0 Å². The van der Waals surface area contributed by atoms with Crippen molar-refractivity contribution >= 4 is 11.6 Å². The minimum absolute atomic E-state index is 0.129. The Morgan fingerprint density at radius 2 is 1.88 bits per heavy atom. The number of aromatic nitrogens is 1. The molecule has 1 amide bonds. The molecule has 0 aliphatic heterocycles. The zero-order chi connectivity index (χ0) is 16.9. The molecule has 2 aromatic carbocycles. The molecule has 3 rings (SSSR count). The molecule has 2 N–H and O–H groups in total. The number of carbonyl (C=O) groups is 1. The van der Waals surface area contributed by atoms with Gasteiger partial charge in [0.15, 0.2) is 0 Å². The first-order chi connectivity index (χ1) is 11.6. The summed E-state index contributed by atoms with van der Waals surface area (Å²) >= 11 is 0. The summed E-state index contributed by atoms with van der Waals surface area (Å²) in [5.41, 5.74) is 3.94. The van der Waals surface area contributed by atoms with Crippen LogP contribution in [0, 0.1) is 0 Å². The molecule has 0 fully saturated rings. The van der Waals surface area contributed by atoms with Crippen LogP contribution < -0.4 is 5.32 Å². The van der Waals surface area contributed by atoms with Gasteiger partial charge in [0.1, 0.15) is 5.75 Å². The van der Waals surface area contributed by atoms with Crippen LogP contribution in [0.1, 0.15) is 18.2 Å². The fraction of sp³-hybridized carbons (Fsp3) is 0.100. The van der Waals surface area contributed by atoms with Crippen LogP contribution in [0.15, 0.2) is 66.9 Å². The van der Waals surface area contributed by atoms with Crippen molar-refractivity contribution in [2.75, 3.05) is 5.32 Å². The Hall–Kier alpha value is -3.14. The van der Waals surface area contributed by atoms with Crippen LogP contribution in [0.25, 0.3) is 11.1 Å². The van der Waals surface area contributed by atoms with Crippen molar-refractivity contribution in [1.29, 1.82) is 0 Å². The van der Waals surface area contributed by atoms with Crippen molar-refractivity contribution in [2.24, 2.45) is 0 Å². The second-order valence-electron chi connectivity index (χ2n) is 5.58. The molecule has 1 heterocycles. The lowest BCUT2D eigenvalue weighted by atomic mass is 10.0. The van der Waals surface area contributed by atoms with E-state index in [1.807, 2.05) is 54.6 Å². The molecule has 4 heteroatoms. The lowest BCUT2D eigenvalue weighted by Crippen LogP contribution is -2.05. The van der Waals surface area contributed by atoms with Crippen molar-refractivity contribution in [1.82, 2.24) is 4.98 Å². The Balaban J connectivity index is 1.95. The molecule has 0 atom stereocenters. The number of hydrogen-bond donors (Lipinski definition) is 2. The molecular weight excluding hydrogens is 300 g/mol. The number of amides is 1. The highest BCUT2D eigenvalue weighted by atomic mass is 16.3. The predicted molar refractivity (Wildman–Crippen MR) is 94.9 cm³/mol. The maximum atomic E-state index is 11.2. The van der Waals surface area contributed by atoms with Gasteiger partial charge in [-0.1, -0.05) is 42.5 Å². The third kappa shape index (κ3) is 3.60. The lowest BCUT2D eigenvalue weighted by molar-refractivity contribution is -0.114. The molecule has 24 heavy (non-hydrogen) atoms. The Morgan fingerprint density at radius 3 is 2.62 bits per heavy atom. The van der Waals surface area contributed by atoms with Crippen LogP contribution in [0.2, 0.25) is 0 Å². The molecule has 0 saturated heterocycles. The van der Waals surface area contributed by atoms with Crippen molar-refractivity contribution < 1.29 is 9.90 Å². The van der Waals surface area contributed by atoms with E-state index in [4.69, 9.17) is 0 Å². The Bertz CT molecular complexity index is 861. The molecule has 120 valence electrons. The van der Waals surface area contributed by atoms with E-state index in [2.05, 4.69) is 10.3 Å². The van der Waals surface area contributed by atoms with Gasteiger partial charge in [0.05, 0.1) is 5.69 Å². The van der Waals surface area contributed by atoms with Crippen molar-refractivity contribution in [3.05, 3.63) is 78.1 Å². The summed E-state index contributed by atoms with van der Waals surface area (Å²) in [7, 11) is 0. The number of carbonyl (C=O) groups excluding carboxylic acids is 1. The van der Waals surface area contributed by atoms with E-state index in [1.165, 1.54) is 6.92 Å². The number of nitrogens with zero attached hydrogens (tertiary/aromatic N) is 1. The normalized spacial score (nSPS) is 10.4. The number of rotatable bonds is 4. The van der Waals surface area contributed by atoms with Gasteiger partial charge in [-0.15, -0.1) is 0 Å². The van der Waals surface area contributed by atoms with Crippen LogP contribution in [0.5, 0.6) is 5.75 Å². The van der Waals surface area contributed by atoms with Gasteiger partial charge in [-0.05, 0) is 29.3 Å². The Morgan fingerprint density at radius 1 is 1.08 bits per heavy atom. The second kappa shape index (κ2) is 6.96. The number of nitrogens with one attached hydrogen (secondary N) is 1. The van der Waals surface area contributed by atoms with E-state index >= 15 is 0 Å². The van der Waals surface area contributed by atoms with Crippen LogP contribution in [0.4, 0.5) is 5.69 Å². The quantitative estimate of drug-likeness (QED) is 0.764. The standard InChI is InChI=1S/C20H18N2O2/c1-14(23)22-17-9-5-8-16(13-17)18-10-11-21-19(20(18)24)12-15-6-3-2-4-7-15/h2-11,13,24H,12H2,1H3,(H,22,23). The van der Waals surface area contributed by atoms with Crippen LogP contribution in [-0.2, 0) is 11.2 Å². The molecule has 0 saturated carbocycles. The summed E-state index contributed by atoms with van der Waals surface area (Å²) in [6.45, 7) is 1.47. The van der Waals surface area contributed by atoms with Gasteiger partial charge < -0.3 is 10.4 Å². The van der Waals surface area contributed by atoms with Gasteiger partial charge in [0.2, 0.25) is 5.91 Å². The molecule has 0 spiro atoms. The molecule has 3 aromatic rings. The average Bonchev–Trinajstić information content (AvgIpc) is 2.57. The van der Waals surface area contributed by atoms with E-state index in [9.17, 15) is 9.90 Å². The first-order valence-electron chi connectivity index (χ1n) is 7.72. The van der Waals surface area contributed by atoms with Crippen LogP contribution in [0.3, 0.4) is 0 Å². The number of pyridine rings is 1. The average molecular weight is 318 g/mol. The summed E-state index contributed by atoms with van der Waals surface area (Å²) in [5, 5.41) is 13.4. The highest BCUT2D eigenvalue weighted by Crippen LogP contribution is 2.33. The largest absolute Gasteiger partial charge is 0.505 e. The number of aromatic hydroxyl groups is 1. The highest BCUT2D eigenvalue weighted by Gasteiger charge is 2.11. The molecule has 0 unspecified atom stereocenters. The minimum atomic E-state index is -0.129. The fourth-order valence-corrected chi connectivity index (χ4v) is 2.62. The third-order valence-electron chi connectivity index (χ3n) is 3.71. The number of benzene rings is 2. The molecule has 0 aliphatic rings. The maximum Gasteiger partial charge on any atom is 0.221 e. The summed E-state index contributed by atoms with van der Waals surface area (Å²) in [6, 6.07) is 19.1. The van der Waals surface area contributed by atoms with E-state index in [-0.39, 0.29) is 11.7 Å². The van der Waals surface area contributed by atoms with Crippen molar-refractivity contribution in [3.63, 3.8) is 0 Å². The van der Waals surface area contributed by atoms with Gasteiger partial charge in [0, 0.05) is 30.8 Å². The molecule has 4 nitrogen and oxygen atoms in total. The molecule has 1 aromatic heterocycles. The Kier molecular flexibility index (Phi) is 4.57. The molecular formula is C20H18N2O2. The SMILES string of the molecule is CC(=O)Nc1cccc(-c2ccnc(Cc3ccccc3)c2O)c1. The van der Waals surface area contributed by atoms with E-state index in [1.54, 1.807) is 12.3 Å². The molecule has 0 bridgehead atoms. The zero-order valence-corrected chi connectivity index (χ0v) is 13.4. The first-order valence-corrected chi connectivity index (χ1v) is 7.72. The fourth-order valence-electron chi connectivity index (χ4n) is 2.62. The maximum absolute atomic E-state index is 11.2. The first kappa shape index (κ1) is 15.7. The van der Waals surface area contributed by atoms with Gasteiger partial charge in [0.25, 0.3) is 0 Å². The predicted octanol–water partition coefficient (Wildman–Crippen LogP) is 4.00. The summed E-state index contributed by atoms with van der Waals surface area (Å²) < 4.78 is 0. The van der Waals surface area contributed by atoms with E-state index < -0.39 is 0 Å². The lowest BCUT2D eigenvalue weighted by Gasteiger charge is -2.11. The van der Waals surface area contributed by atoms with Gasteiger partial charge >= 0.3 is 0 Å². The summed E-state index contributed by atoms with van der Waals surface area (Å²) in [5.74, 6) is 0.0391. The third-order valence-corrected chi connectivity index (χ3v) is 3.71. The topological polar surface area (TPSA) is 62.2 Å². The zero-order valence-electron chi connectivity index (χ0n) is 13.4. The molecule has 0 aliphatic carbocycles. The molecule has 0 radical (unpaired) electrons. The van der Waals surface area contributed by atoms with Crippen LogP contribution >= 0.6 is 0 Å². The number of hydrogen-bond acceptors (Lipinski definition) is 3. The monoisotopic (exact) mass is 318 g/mol. The Labute approximate surface area is 140 Å². The van der Waals surface area contributed by atoms with Gasteiger partial charge in [-0.2, -0.15) is 0 Å². The van der Waals surface area contributed by atoms with Crippen molar-refractivity contribution in [2.45, 2.75) is 13.3 Å². The van der Waals surface area contributed by atoms with E-state index in [0.29, 0.717) is 23.4 Å². The smallest absolute Gasteiger partial charge is 0.221 e. The minimum Gasteiger partial charge on any atom is -0.505 e. The highest BCUT2D eigenvalue weighted by molar-refractivity contribution is 5.89. The summed E-state index contributed by atoms with van der Waals surface area (Å²) in [6.07, 6.45) is 2.25. The number of anilines is 1. The summed E-state index contributed by atoms with van der Waals surface area (Å²) in [4.78, 5) is 15.5.